The molecular formula is C31H39N3O2. The fourth-order valence-corrected chi connectivity index (χ4v) is 6.24. The van der Waals surface area contributed by atoms with E-state index in [2.05, 4.69) is 23.1 Å². The van der Waals surface area contributed by atoms with E-state index in [1.54, 1.807) is 13.0 Å². The first-order valence-electron chi connectivity index (χ1n) is 13.8. The molecule has 190 valence electrons. The molecule has 3 aliphatic rings. The van der Waals surface area contributed by atoms with Crippen molar-refractivity contribution < 1.29 is 9.59 Å². The summed E-state index contributed by atoms with van der Waals surface area (Å²) in [7, 11) is 0. The molecule has 2 aromatic rings. The minimum Gasteiger partial charge on any atom is -0.312 e. The van der Waals surface area contributed by atoms with Crippen LogP contribution >= 0.6 is 0 Å². The van der Waals surface area contributed by atoms with Gasteiger partial charge in [0.1, 0.15) is 0 Å². The number of rotatable bonds is 7. The molecule has 36 heavy (non-hydrogen) atoms. The van der Waals surface area contributed by atoms with E-state index in [4.69, 9.17) is 0 Å². The van der Waals surface area contributed by atoms with E-state index in [9.17, 15) is 9.59 Å². The number of hydrogen-bond acceptors (Lipinski definition) is 3. The molecule has 2 heterocycles. The number of amides is 2. The van der Waals surface area contributed by atoms with Crippen molar-refractivity contribution in [2.75, 3.05) is 36.0 Å². The first-order valence-corrected chi connectivity index (χ1v) is 13.8. The Hall–Kier alpha value is -2.92. The molecule has 0 aromatic heterocycles. The van der Waals surface area contributed by atoms with Crippen LogP contribution in [0.1, 0.15) is 63.0 Å². The van der Waals surface area contributed by atoms with Gasteiger partial charge in [-0.05, 0) is 67.5 Å². The first-order chi connectivity index (χ1) is 17.6. The highest BCUT2D eigenvalue weighted by molar-refractivity contribution is 6.05. The number of fused-ring (bicyclic) bond motifs is 1. The fourth-order valence-electron chi connectivity index (χ4n) is 6.24. The lowest BCUT2D eigenvalue weighted by Gasteiger charge is -2.38. The van der Waals surface area contributed by atoms with Gasteiger partial charge in [0.05, 0.1) is 0 Å². The van der Waals surface area contributed by atoms with Crippen LogP contribution in [0, 0.1) is 5.92 Å². The summed E-state index contributed by atoms with van der Waals surface area (Å²) in [6.45, 7) is 5.60. The Kier molecular flexibility index (Phi) is 7.86. The summed E-state index contributed by atoms with van der Waals surface area (Å²) in [5.41, 5.74) is 4.06. The standard InChI is InChI=1S/C31H39N3O2/c1-24(35)33-22-16-27-12-13-29(23-30(27)33)34(31(36)14-11-25-7-3-2-4-8-25)28-17-20-32(21-18-28)19-15-26-9-5-6-10-26/h2-4,7-8,11-14,23,26,28H,5-6,9-10,15-22H2,1H3. The van der Waals surface area contributed by atoms with Crippen molar-refractivity contribution in [1.82, 2.24) is 4.90 Å². The molecule has 5 rings (SSSR count). The summed E-state index contributed by atoms with van der Waals surface area (Å²) in [5, 5.41) is 0. The van der Waals surface area contributed by atoms with Gasteiger partial charge in [0.2, 0.25) is 5.91 Å². The van der Waals surface area contributed by atoms with E-state index in [1.165, 1.54) is 44.2 Å². The smallest absolute Gasteiger partial charge is 0.251 e. The maximum absolute atomic E-state index is 13.7. The molecule has 1 aliphatic carbocycles. The molecule has 0 N–H and O–H groups in total. The number of nitrogens with zero attached hydrogens (tertiary/aromatic N) is 3. The molecule has 0 unspecified atom stereocenters. The molecule has 2 fully saturated rings. The molecule has 5 nitrogen and oxygen atoms in total. The summed E-state index contributed by atoms with van der Waals surface area (Å²) < 4.78 is 0. The zero-order valence-electron chi connectivity index (χ0n) is 21.6. The van der Waals surface area contributed by atoms with E-state index in [-0.39, 0.29) is 17.9 Å². The van der Waals surface area contributed by atoms with E-state index in [0.29, 0.717) is 0 Å². The highest BCUT2D eigenvalue weighted by Crippen LogP contribution is 2.35. The van der Waals surface area contributed by atoms with Crippen LogP contribution in [0.4, 0.5) is 11.4 Å². The zero-order chi connectivity index (χ0) is 24.9. The van der Waals surface area contributed by atoms with Crippen molar-refractivity contribution in [1.29, 1.82) is 0 Å². The molecule has 2 amide bonds. The molecule has 2 aromatic carbocycles. The van der Waals surface area contributed by atoms with Crippen LogP contribution in [-0.2, 0) is 16.0 Å². The summed E-state index contributed by atoms with van der Waals surface area (Å²) in [5.74, 6) is 0.985. The second-order valence-corrected chi connectivity index (χ2v) is 10.7. The Labute approximate surface area is 215 Å². The minimum atomic E-state index is 0.00980. The van der Waals surface area contributed by atoms with Crippen LogP contribution in [0.15, 0.2) is 54.6 Å². The molecule has 0 bridgehead atoms. The summed E-state index contributed by atoms with van der Waals surface area (Å²) in [6.07, 6.45) is 13.4. The van der Waals surface area contributed by atoms with E-state index >= 15 is 0 Å². The maximum atomic E-state index is 13.7. The number of carbonyl (C=O) groups excluding carboxylic acids is 2. The number of hydrogen-bond donors (Lipinski definition) is 0. The quantitative estimate of drug-likeness (QED) is 0.474. The van der Waals surface area contributed by atoms with Crippen molar-refractivity contribution in [3.63, 3.8) is 0 Å². The SMILES string of the molecule is CC(=O)N1CCc2ccc(N(C(=O)C=Cc3ccccc3)C3CCN(CCC4CCCC4)CC3)cc21. The lowest BCUT2D eigenvalue weighted by atomic mass is 9.99. The Morgan fingerprint density at radius 1 is 0.972 bits per heavy atom. The normalized spacial score (nSPS) is 19.2. The van der Waals surface area contributed by atoms with Crippen LogP contribution in [0.5, 0.6) is 0 Å². The van der Waals surface area contributed by atoms with Crippen LogP contribution < -0.4 is 9.80 Å². The Morgan fingerprint density at radius 2 is 1.72 bits per heavy atom. The second kappa shape index (κ2) is 11.4. The van der Waals surface area contributed by atoms with Crippen LogP contribution in [0.2, 0.25) is 0 Å². The number of likely N-dealkylation sites (tertiary alicyclic amines) is 1. The van der Waals surface area contributed by atoms with Gasteiger partial charge < -0.3 is 14.7 Å². The van der Waals surface area contributed by atoms with Crippen molar-refractivity contribution in [3.05, 3.63) is 65.7 Å². The third kappa shape index (κ3) is 5.73. The second-order valence-electron chi connectivity index (χ2n) is 10.7. The van der Waals surface area contributed by atoms with E-state index in [0.717, 1.165) is 61.8 Å². The topological polar surface area (TPSA) is 43.9 Å². The van der Waals surface area contributed by atoms with Gasteiger partial charge in [0.25, 0.3) is 5.91 Å². The van der Waals surface area contributed by atoms with Gasteiger partial charge in [-0.2, -0.15) is 0 Å². The number of anilines is 2. The van der Waals surface area contributed by atoms with Gasteiger partial charge in [0, 0.05) is 50.1 Å². The summed E-state index contributed by atoms with van der Waals surface area (Å²) >= 11 is 0. The van der Waals surface area contributed by atoms with Gasteiger partial charge in [-0.25, -0.2) is 0 Å². The predicted molar refractivity (Wildman–Crippen MR) is 147 cm³/mol. The largest absolute Gasteiger partial charge is 0.312 e. The van der Waals surface area contributed by atoms with Gasteiger partial charge in [-0.1, -0.05) is 62.1 Å². The van der Waals surface area contributed by atoms with Crippen LogP contribution in [0.25, 0.3) is 6.08 Å². The highest BCUT2D eigenvalue weighted by Gasteiger charge is 2.30. The average Bonchev–Trinajstić information content (AvgIpc) is 3.58. The monoisotopic (exact) mass is 485 g/mol. The van der Waals surface area contributed by atoms with Crippen LogP contribution in [-0.4, -0.2) is 48.9 Å². The molecule has 0 spiro atoms. The van der Waals surface area contributed by atoms with Gasteiger partial charge in [0.15, 0.2) is 0 Å². The number of piperidine rings is 1. The van der Waals surface area contributed by atoms with Gasteiger partial charge >= 0.3 is 0 Å². The molecular weight excluding hydrogens is 446 g/mol. The molecule has 1 saturated carbocycles. The fraction of sp³-hybridized carbons (Fsp3) is 0.484. The molecule has 5 heteroatoms. The molecule has 0 radical (unpaired) electrons. The maximum Gasteiger partial charge on any atom is 0.251 e. The van der Waals surface area contributed by atoms with Crippen molar-refractivity contribution in [3.8, 4) is 0 Å². The van der Waals surface area contributed by atoms with Gasteiger partial charge in [-0.15, -0.1) is 0 Å². The zero-order valence-corrected chi connectivity index (χ0v) is 21.6. The summed E-state index contributed by atoms with van der Waals surface area (Å²) in [6, 6.07) is 16.4. The lowest BCUT2D eigenvalue weighted by molar-refractivity contribution is -0.116. The Balaban J connectivity index is 1.33. The van der Waals surface area contributed by atoms with Crippen molar-refractivity contribution >= 4 is 29.3 Å². The summed E-state index contributed by atoms with van der Waals surface area (Å²) in [4.78, 5) is 32.3. The average molecular weight is 486 g/mol. The van der Waals surface area contributed by atoms with Crippen molar-refractivity contribution in [2.24, 2.45) is 5.92 Å². The van der Waals surface area contributed by atoms with Crippen molar-refractivity contribution in [2.45, 2.75) is 64.3 Å². The third-order valence-electron chi connectivity index (χ3n) is 8.33. The predicted octanol–water partition coefficient (Wildman–Crippen LogP) is 5.69. The van der Waals surface area contributed by atoms with Crippen LogP contribution in [0.3, 0.4) is 0 Å². The molecule has 2 aliphatic heterocycles. The van der Waals surface area contributed by atoms with Gasteiger partial charge in [-0.3, -0.25) is 9.59 Å². The molecule has 1 saturated heterocycles. The number of benzene rings is 2. The van der Waals surface area contributed by atoms with E-state index < -0.39 is 0 Å². The third-order valence-corrected chi connectivity index (χ3v) is 8.33. The number of carbonyl (C=O) groups is 2. The first kappa shape index (κ1) is 24.8. The Bertz CT molecular complexity index is 1080. The Morgan fingerprint density at radius 3 is 2.44 bits per heavy atom. The minimum absolute atomic E-state index is 0.00980. The lowest BCUT2D eigenvalue weighted by Crippen LogP contribution is -2.47. The van der Waals surface area contributed by atoms with E-state index in [1.807, 2.05) is 46.2 Å². The highest BCUT2D eigenvalue weighted by atomic mass is 16.2. The molecule has 0 atom stereocenters.